The minimum Gasteiger partial charge on any atom is -0.494 e. The van der Waals surface area contributed by atoms with E-state index in [2.05, 4.69) is 0 Å². The van der Waals surface area contributed by atoms with Crippen LogP contribution in [0.5, 0.6) is 5.75 Å². The lowest BCUT2D eigenvalue weighted by molar-refractivity contribution is -0.137. The number of unbranched alkanes of at least 4 members (excludes halogenated alkanes) is 1. The standard InChI is InChI=1S/C12H15FO3/c1-16-11-8-9(6-7-10(11)13)4-2-3-5-12(14)15/h6-8H,2-5H2,1H3,(H,14,15). The van der Waals surface area contributed by atoms with Gasteiger partial charge in [0.15, 0.2) is 11.6 Å². The van der Waals surface area contributed by atoms with Crippen LogP contribution in [0, 0.1) is 5.82 Å². The summed E-state index contributed by atoms with van der Waals surface area (Å²) in [5.74, 6) is -0.927. The van der Waals surface area contributed by atoms with E-state index in [9.17, 15) is 9.18 Å². The van der Waals surface area contributed by atoms with Gasteiger partial charge in [0.2, 0.25) is 0 Å². The lowest BCUT2D eigenvalue weighted by Crippen LogP contribution is -1.95. The van der Waals surface area contributed by atoms with Gasteiger partial charge in [-0.05, 0) is 37.0 Å². The topological polar surface area (TPSA) is 46.5 Å². The van der Waals surface area contributed by atoms with Crippen LogP contribution in [0.4, 0.5) is 4.39 Å². The number of carboxylic acids is 1. The first kappa shape index (κ1) is 12.5. The summed E-state index contributed by atoms with van der Waals surface area (Å²) in [4.78, 5) is 10.3. The highest BCUT2D eigenvalue weighted by Crippen LogP contribution is 2.19. The van der Waals surface area contributed by atoms with Crippen LogP contribution in [0.15, 0.2) is 18.2 Å². The van der Waals surface area contributed by atoms with Crippen molar-refractivity contribution in [3.8, 4) is 5.75 Å². The molecule has 0 saturated carbocycles. The van der Waals surface area contributed by atoms with Gasteiger partial charge in [-0.15, -0.1) is 0 Å². The summed E-state index contributed by atoms with van der Waals surface area (Å²) in [6.07, 6.45) is 2.33. The van der Waals surface area contributed by atoms with Crippen molar-refractivity contribution in [3.05, 3.63) is 29.6 Å². The van der Waals surface area contributed by atoms with Crippen molar-refractivity contribution in [2.75, 3.05) is 7.11 Å². The maximum absolute atomic E-state index is 13.1. The van der Waals surface area contributed by atoms with Gasteiger partial charge in [0, 0.05) is 6.42 Å². The number of halogens is 1. The van der Waals surface area contributed by atoms with E-state index in [-0.39, 0.29) is 18.0 Å². The van der Waals surface area contributed by atoms with E-state index in [1.54, 1.807) is 12.1 Å². The Morgan fingerprint density at radius 3 is 2.81 bits per heavy atom. The fraction of sp³-hybridized carbons (Fsp3) is 0.417. The Kier molecular flexibility index (Phi) is 4.76. The summed E-state index contributed by atoms with van der Waals surface area (Å²) in [6, 6.07) is 4.71. The molecule has 0 heterocycles. The summed E-state index contributed by atoms with van der Waals surface area (Å²) in [5.41, 5.74) is 0.962. The molecule has 1 aromatic rings. The molecule has 0 unspecified atom stereocenters. The van der Waals surface area contributed by atoms with Gasteiger partial charge in [0.25, 0.3) is 0 Å². The van der Waals surface area contributed by atoms with E-state index in [1.807, 2.05) is 0 Å². The van der Waals surface area contributed by atoms with Crippen molar-refractivity contribution in [3.63, 3.8) is 0 Å². The van der Waals surface area contributed by atoms with Crippen LogP contribution in [0.25, 0.3) is 0 Å². The zero-order valence-corrected chi connectivity index (χ0v) is 9.20. The summed E-state index contributed by atoms with van der Waals surface area (Å²) >= 11 is 0. The van der Waals surface area contributed by atoms with Crippen molar-refractivity contribution in [2.24, 2.45) is 0 Å². The fourth-order valence-corrected chi connectivity index (χ4v) is 1.47. The SMILES string of the molecule is COc1cc(CCCCC(=O)O)ccc1F. The van der Waals surface area contributed by atoms with Gasteiger partial charge in [-0.25, -0.2) is 4.39 Å². The summed E-state index contributed by atoms with van der Waals surface area (Å²) in [6.45, 7) is 0. The number of carbonyl (C=O) groups is 1. The van der Waals surface area contributed by atoms with E-state index in [0.717, 1.165) is 18.4 Å². The Morgan fingerprint density at radius 1 is 1.44 bits per heavy atom. The van der Waals surface area contributed by atoms with Gasteiger partial charge in [-0.3, -0.25) is 4.79 Å². The Hall–Kier alpha value is -1.58. The Bertz CT molecular complexity index is 363. The molecule has 4 heteroatoms. The maximum atomic E-state index is 13.1. The van der Waals surface area contributed by atoms with Crippen LogP contribution >= 0.6 is 0 Å². The molecule has 0 atom stereocenters. The Labute approximate surface area is 93.9 Å². The molecule has 0 radical (unpaired) electrons. The number of benzene rings is 1. The number of aliphatic carboxylic acids is 1. The molecule has 0 amide bonds. The second-order valence-corrected chi connectivity index (χ2v) is 3.57. The highest BCUT2D eigenvalue weighted by Gasteiger charge is 2.03. The average Bonchev–Trinajstić information content (AvgIpc) is 2.26. The smallest absolute Gasteiger partial charge is 0.303 e. The Balaban J connectivity index is 2.45. The minimum absolute atomic E-state index is 0.179. The van der Waals surface area contributed by atoms with Crippen molar-refractivity contribution in [2.45, 2.75) is 25.7 Å². The van der Waals surface area contributed by atoms with Crippen LogP contribution in [0.1, 0.15) is 24.8 Å². The molecule has 16 heavy (non-hydrogen) atoms. The molecule has 0 fully saturated rings. The molecule has 1 rings (SSSR count). The van der Waals surface area contributed by atoms with Crippen LogP contribution in [0.2, 0.25) is 0 Å². The number of carboxylic acid groups (broad SMARTS) is 1. The highest BCUT2D eigenvalue weighted by molar-refractivity contribution is 5.66. The molecule has 88 valence electrons. The van der Waals surface area contributed by atoms with Crippen molar-refractivity contribution in [1.29, 1.82) is 0 Å². The third kappa shape index (κ3) is 3.88. The second kappa shape index (κ2) is 6.10. The summed E-state index contributed by atoms with van der Waals surface area (Å²) in [5, 5.41) is 8.46. The number of methoxy groups -OCH3 is 1. The van der Waals surface area contributed by atoms with Gasteiger partial charge in [0.05, 0.1) is 7.11 Å². The number of hydrogen-bond acceptors (Lipinski definition) is 2. The summed E-state index contributed by atoms with van der Waals surface area (Å²) in [7, 11) is 1.42. The van der Waals surface area contributed by atoms with E-state index in [0.29, 0.717) is 6.42 Å². The monoisotopic (exact) mass is 226 g/mol. The largest absolute Gasteiger partial charge is 0.494 e. The van der Waals surface area contributed by atoms with Gasteiger partial charge in [-0.2, -0.15) is 0 Å². The number of rotatable bonds is 6. The fourth-order valence-electron chi connectivity index (χ4n) is 1.47. The zero-order chi connectivity index (χ0) is 12.0. The van der Waals surface area contributed by atoms with Crippen molar-refractivity contribution in [1.82, 2.24) is 0 Å². The van der Waals surface area contributed by atoms with E-state index < -0.39 is 5.97 Å². The lowest BCUT2D eigenvalue weighted by Gasteiger charge is -2.05. The number of aryl methyl sites for hydroxylation is 1. The molecular weight excluding hydrogens is 211 g/mol. The molecule has 0 aliphatic carbocycles. The van der Waals surface area contributed by atoms with E-state index in [1.165, 1.54) is 13.2 Å². The second-order valence-electron chi connectivity index (χ2n) is 3.57. The highest BCUT2D eigenvalue weighted by atomic mass is 19.1. The number of hydrogen-bond donors (Lipinski definition) is 1. The van der Waals surface area contributed by atoms with E-state index >= 15 is 0 Å². The predicted molar refractivity (Wildman–Crippen MR) is 58.1 cm³/mol. The number of ether oxygens (including phenoxy) is 1. The van der Waals surface area contributed by atoms with E-state index in [4.69, 9.17) is 9.84 Å². The summed E-state index contributed by atoms with van der Waals surface area (Å²) < 4.78 is 17.9. The minimum atomic E-state index is -0.781. The Morgan fingerprint density at radius 2 is 2.19 bits per heavy atom. The molecular formula is C12H15FO3. The molecule has 0 saturated heterocycles. The average molecular weight is 226 g/mol. The normalized spacial score (nSPS) is 10.1. The first-order chi connectivity index (χ1) is 7.63. The lowest BCUT2D eigenvalue weighted by atomic mass is 10.1. The van der Waals surface area contributed by atoms with Gasteiger partial charge >= 0.3 is 5.97 Å². The first-order valence-corrected chi connectivity index (χ1v) is 5.17. The van der Waals surface area contributed by atoms with Gasteiger partial charge in [0.1, 0.15) is 0 Å². The van der Waals surface area contributed by atoms with Crippen LogP contribution in [-0.4, -0.2) is 18.2 Å². The molecule has 0 aliphatic heterocycles. The zero-order valence-electron chi connectivity index (χ0n) is 9.20. The van der Waals surface area contributed by atoms with Crippen LogP contribution in [-0.2, 0) is 11.2 Å². The molecule has 0 spiro atoms. The molecule has 1 aromatic carbocycles. The third-order valence-electron chi connectivity index (χ3n) is 2.32. The first-order valence-electron chi connectivity index (χ1n) is 5.17. The van der Waals surface area contributed by atoms with Crippen LogP contribution < -0.4 is 4.74 Å². The molecule has 1 N–H and O–H groups in total. The molecule has 0 aromatic heterocycles. The molecule has 0 aliphatic rings. The van der Waals surface area contributed by atoms with Gasteiger partial charge < -0.3 is 9.84 Å². The molecule has 0 bridgehead atoms. The predicted octanol–water partition coefficient (Wildman–Crippen LogP) is 2.63. The van der Waals surface area contributed by atoms with Crippen molar-refractivity contribution >= 4 is 5.97 Å². The van der Waals surface area contributed by atoms with Crippen LogP contribution in [0.3, 0.4) is 0 Å². The van der Waals surface area contributed by atoms with Crippen molar-refractivity contribution < 1.29 is 19.0 Å². The molecule has 3 nitrogen and oxygen atoms in total. The van der Waals surface area contributed by atoms with Gasteiger partial charge in [-0.1, -0.05) is 6.07 Å². The maximum Gasteiger partial charge on any atom is 0.303 e. The third-order valence-corrected chi connectivity index (χ3v) is 2.32. The quantitative estimate of drug-likeness (QED) is 0.758.